The van der Waals surface area contributed by atoms with Gasteiger partial charge in [0.05, 0.1) is 21.2 Å². The molecule has 6 rings (SSSR count). The summed E-state index contributed by atoms with van der Waals surface area (Å²) >= 11 is 0. The summed E-state index contributed by atoms with van der Waals surface area (Å²) in [5.41, 5.74) is 3.96. The van der Waals surface area contributed by atoms with Crippen molar-refractivity contribution in [1.29, 1.82) is 0 Å². The molecule has 0 amide bonds. The smallest absolute Gasteiger partial charge is 0.228 e. The van der Waals surface area contributed by atoms with Crippen molar-refractivity contribution in [2.24, 2.45) is 18.8 Å². The number of rotatable bonds is 6. The van der Waals surface area contributed by atoms with Crippen molar-refractivity contribution in [1.82, 2.24) is 0 Å². The predicted molar refractivity (Wildman–Crippen MR) is 192 cm³/mol. The first kappa shape index (κ1) is 32.1. The highest BCUT2D eigenvalue weighted by molar-refractivity contribution is 7.90. The van der Waals surface area contributed by atoms with Crippen LogP contribution in [0.1, 0.15) is 11.1 Å². The van der Waals surface area contributed by atoms with E-state index in [0.29, 0.717) is 22.6 Å². The van der Waals surface area contributed by atoms with Crippen LogP contribution in [0.15, 0.2) is 210 Å². The largest absolute Gasteiger partial charge is 0.284 e. The van der Waals surface area contributed by atoms with Crippen LogP contribution in [0.25, 0.3) is 0 Å². The van der Waals surface area contributed by atoms with Gasteiger partial charge in [0, 0.05) is 11.1 Å². The van der Waals surface area contributed by atoms with Gasteiger partial charge in [-0.1, -0.05) is 121 Å². The summed E-state index contributed by atoms with van der Waals surface area (Å²) in [5, 5.41) is 0. The van der Waals surface area contributed by atoms with Gasteiger partial charge in [0.1, 0.15) is 0 Å². The van der Waals surface area contributed by atoms with E-state index in [1.807, 2.05) is 36.4 Å². The summed E-state index contributed by atoms with van der Waals surface area (Å²) < 4.78 is 60.4. The monoisotopic (exact) mass is 668 g/mol. The van der Waals surface area contributed by atoms with Crippen LogP contribution in [-0.2, 0) is 20.0 Å². The molecule has 0 heterocycles. The van der Waals surface area contributed by atoms with Gasteiger partial charge in [-0.3, -0.25) is 0 Å². The summed E-state index contributed by atoms with van der Waals surface area (Å²) in [6.07, 6.45) is 14.7. The number of hydrogen-bond donors (Lipinski definition) is 0. The molecule has 4 aromatic carbocycles. The second kappa shape index (κ2) is 14.3. The third-order valence-corrected chi connectivity index (χ3v) is 9.66. The molecule has 4 aromatic rings. The van der Waals surface area contributed by atoms with E-state index in [1.165, 1.54) is 24.3 Å². The molecule has 0 spiro atoms. The first-order valence-electron chi connectivity index (χ1n) is 14.8. The second-order valence-electron chi connectivity index (χ2n) is 10.5. The third-order valence-electron chi connectivity index (χ3n) is 7.10. The van der Waals surface area contributed by atoms with Crippen LogP contribution >= 0.6 is 0 Å². The Hall–Kier alpha value is -5.84. The number of aliphatic imine (C=N–C) groups is 2. The van der Waals surface area contributed by atoms with E-state index < -0.39 is 20.0 Å². The van der Waals surface area contributed by atoms with Gasteiger partial charge in [0.2, 0.25) is 0 Å². The minimum atomic E-state index is -3.99. The molecule has 0 aromatic heterocycles. The van der Waals surface area contributed by atoms with Gasteiger partial charge in [0.25, 0.3) is 20.0 Å². The van der Waals surface area contributed by atoms with Crippen molar-refractivity contribution in [2.45, 2.75) is 9.79 Å². The molecule has 0 unspecified atom stereocenters. The maximum atomic E-state index is 13.1. The summed E-state index contributed by atoms with van der Waals surface area (Å²) in [5.74, 6) is 0.145. The molecule has 0 radical (unpaired) electrons. The lowest BCUT2D eigenvalue weighted by Crippen LogP contribution is -2.08. The second-order valence-corrected chi connectivity index (χ2v) is 13.7. The maximum absolute atomic E-state index is 13.1. The van der Waals surface area contributed by atoms with Crippen LogP contribution < -0.4 is 0 Å². The van der Waals surface area contributed by atoms with E-state index >= 15 is 0 Å². The predicted octanol–water partition coefficient (Wildman–Crippen LogP) is 7.09. The zero-order valence-corrected chi connectivity index (χ0v) is 27.0. The Labute approximate surface area is 279 Å². The van der Waals surface area contributed by atoms with Crippen molar-refractivity contribution in [2.75, 3.05) is 0 Å². The highest BCUT2D eigenvalue weighted by Gasteiger charge is 2.17. The van der Waals surface area contributed by atoms with Gasteiger partial charge in [-0.05, 0) is 59.7 Å². The Morgan fingerprint density at radius 2 is 0.667 bits per heavy atom. The van der Waals surface area contributed by atoms with E-state index in [4.69, 9.17) is 0 Å². The SMILES string of the molecule is O=S(=O)(N=C(N=C1C=CC(=C2C=CC(=NC(=NS(=O)(=O)c3ccccc3)c3ccccc3)C=C2)C=C1)c1ccccc1)c1ccccc1. The number of amidine groups is 2. The lowest BCUT2D eigenvalue weighted by atomic mass is 9.98. The molecule has 0 atom stereocenters. The minimum Gasteiger partial charge on any atom is -0.228 e. The fraction of sp³-hybridized carbons (Fsp3) is 0. The average Bonchev–Trinajstić information content (AvgIpc) is 3.13. The zero-order chi connectivity index (χ0) is 33.4. The Morgan fingerprint density at radius 3 is 0.979 bits per heavy atom. The van der Waals surface area contributed by atoms with Crippen LogP contribution in [-0.4, -0.2) is 39.9 Å². The van der Waals surface area contributed by atoms with Crippen molar-refractivity contribution >= 4 is 43.1 Å². The molecule has 0 saturated heterocycles. The van der Waals surface area contributed by atoms with Gasteiger partial charge < -0.3 is 0 Å². The van der Waals surface area contributed by atoms with Gasteiger partial charge in [0.15, 0.2) is 11.7 Å². The summed E-state index contributed by atoms with van der Waals surface area (Å²) in [4.78, 5) is 9.35. The number of benzene rings is 4. The highest BCUT2D eigenvalue weighted by Crippen LogP contribution is 2.21. The van der Waals surface area contributed by atoms with E-state index in [1.54, 1.807) is 109 Å². The van der Waals surface area contributed by atoms with Crippen molar-refractivity contribution in [3.8, 4) is 0 Å². The van der Waals surface area contributed by atoms with Crippen LogP contribution in [0.3, 0.4) is 0 Å². The summed E-state index contributed by atoms with van der Waals surface area (Å²) in [7, 11) is -7.98. The molecular formula is C38H28N4O4S2. The van der Waals surface area contributed by atoms with Crippen LogP contribution in [0, 0.1) is 0 Å². The van der Waals surface area contributed by atoms with Crippen molar-refractivity contribution < 1.29 is 16.8 Å². The molecule has 2 aliphatic carbocycles. The minimum absolute atomic E-state index is 0.0725. The van der Waals surface area contributed by atoms with Crippen molar-refractivity contribution in [3.05, 3.63) is 192 Å². The molecule has 8 nitrogen and oxygen atoms in total. The standard InChI is InChI=1S/C38H28N4O4S2/c43-47(44,35-17-9-3-10-18-35)41-37(31-13-5-1-6-14-31)39-33-25-21-29(22-26-33)30-23-27-34(28-24-30)40-38(32-15-7-2-8-16-32)42-48(45,46)36-19-11-4-12-20-36/h1-28H. The fourth-order valence-corrected chi connectivity index (χ4v) is 6.63. The summed E-state index contributed by atoms with van der Waals surface area (Å²) in [6.45, 7) is 0. The molecule has 0 bridgehead atoms. The Morgan fingerprint density at radius 1 is 0.375 bits per heavy atom. The quantitative estimate of drug-likeness (QED) is 0.161. The Balaban J connectivity index is 1.26. The number of allylic oxidation sites excluding steroid dienone is 10. The normalized spacial score (nSPS) is 15.2. The van der Waals surface area contributed by atoms with E-state index in [-0.39, 0.29) is 21.5 Å². The molecule has 236 valence electrons. The maximum Gasteiger partial charge on any atom is 0.284 e. The van der Waals surface area contributed by atoms with Gasteiger partial charge in [-0.25, -0.2) is 9.98 Å². The topological polar surface area (TPSA) is 118 Å². The molecule has 10 heteroatoms. The van der Waals surface area contributed by atoms with Crippen LogP contribution in [0.5, 0.6) is 0 Å². The van der Waals surface area contributed by atoms with Crippen molar-refractivity contribution in [3.63, 3.8) is 0 Å². The highest BCUT2D eigenvalue weighted by atomic mass is 32.2. The summed E-state index contributed by atoms with van der Waals surface area (Å²) in [6, 6.07) is 33.9. The lowest BCUT2D eigenvalue weighted by molar-refractivity contribution is 0.596. The van der Waals surface area contributed by atoms with Crippen LogP contribution in [0.4, 0.5) is 0 Å². The van der Waals surface area contributed by atoms with Gasteiger partial charge in [-0.2, -0.15) is 16.8 Å². The molecular weight excluding hydrogens is 641 g/mol. The molecule has 0 saturated carbocycles. The lowest BCUT2D eigenvalue weighted by Gasteiger charge is -2.10. The van der Waals surface area contributed by atoms with Crippen LogP contribution in [0.2, 0.25) is 0 Å². The average molecular weight is 669 g/mol. The van der Waals surface area contributed by atoms with Gasteiger partial charge >= 0.3 is 0 Å². The van der Waals surface area contributed by atoms with E-state index in [2.05, 4.69) is 18.8 Å². The fourth-order valence-electron chi connectivity index (χ4n) is 4.67. The number of sulfonamides is 2. The molecule has 0 N–H and O–H groups in total. The van der Waals surface area contributed by atoms with Gasteiger partial charge in [-0.15, -0.1) is 8.80 Å². The third kappa shape index (κ3) is 7.92. The van der Waals surface area contributed by atoms with E-state index in [0.717, 1.165) is 11.1 Å². The molecule has 0 aliphatic heterocycles. The molecule has 48 heavy (non-hydrogen) atoms. The first-order valence-corrected chi connectivity index (χ1v) is 17.7. The number of nitrogens with zero attached hydrogens (tertiary/aromatic N) is 4. The molecule has 0 fully saturated rings. The Kier molecular flexibility index (Phi) is 9.56. The Bertz CT molecular complexity index is 2120. The first-order chi connectivity index (χ1) is 23.3. The zero-order valence-electron chi connectivity index (χ0n) is 25.4. The number of hydrogen-bond acceptors (Lipinski definition) is 4. The molecule has 2 aliphatic rings. The van der Waals surface area contributed by atoms with E-state index in [9.17, 15) is 16.8 Å².